The first-order valence-electron chi connectivity index (χ1n) is 9.94. The monoisotopic (exact) mass is 406 g/mol. The van der Waals surface area contributed by atoms with Gasteiger partial charge < -0.3 is 25.2 Å². The average Bonchev–Trinajstić information content (AvgIpc) is 2.77. The lowest BCUT2D eigenvalue weighted by Gasteiger charge is -2.10. The second-order valence-electron chi connectivity index (χ2n) is 6.72. The summed E-state index contributed by atoms with van der Waals surface area (Å²) < 4.78 is 11.5. The van der Waals surface area contributed by atoms with Crippen molar-refractivity contribution in [3.8, 4) is 17.2 Å². The molecule has 0 unspecified atom stereocenters. The number of rotatable bonds is 11. The Kier molecular flexibility index (Phi) is 7.97. The van der Waals surface area contributed by atoms with Crippen LogP contribution in [0.1, 0.15) is 18.4 Å². The van der Waals surface area contributed by atoms with Crippen LogP contribution in [0, 0.1) is 0 Å². The second kappa shape index (κ2) is 11.4. The van der Waals surface area contributed by atoms with Gasteiger partial charge >= 0.3 is 6.09 Å². The van der Waals surface area contributed by atoms with Crippen LogP contribution in [0.4, 0.5) is 10.5 Å². The van der Waals surface area contributed by atoms with Crippen molar-refractivity contribution in [2.45, 2.75) is 19.4 Å². The molecule has 0 bridgehead atoms. The summed E-state index contributed by atoms with van der Waals surface area (Å²) in [5.41, 5.74) is 2.27. The Morgan fingerprint density at radius 3 is 2.10 bits per heavy atom. The van der Waals surface area contributed by atoms with Crippen molar-refractivity contribution in [2.75, 3.05) is 18.5 Å². The van der Waals surface area contributed by atoms with Gasteiger partial charge in [0.2, 0.25) is 0 Å². The van der Waals surface area contributed by atoms with E-state index in [0.29, 0.717) is 13.2 Å². The van der Waals surface area contributed by atoms with Crippen LogP contribution in [-0.2, 0) is 6.54 Å². The van der Waals surface area contributed by atoms with Crippen molar-refractivity contribution in [2.24, 2.45) is 0 Å². The lowest BCUT2D eigenvalue weighted by Crippen LogP contribution is -2.22. The van der Waals surface area contributed by atoms with Crippen molar-refractivity contribution in [3.05, 3.63) is 84.4 Å². The van der Waals surface area contributed by atoms with E-state index in [1.165, 1.54) is 5.56 Å². The molecule has 0 aliphatic heterocycles. The summed E-state index contributed by atoms with van der Waals surface area (Å²) in [6.07, 6.45) is 0.525. The van der Waals surface area contributed by atoms with Gasteiger partial charge in [-0.25, -0.2) is 4.79 Å². The smallest absolute Gasteiger partial charge is 0.404 e. The van der Waals surface area contributed by atoms with Crippen molar-refractivity contribution < 1.29 is 19.4 Å². The number of anilines is 1. The first-order valence-corrected chi connectivity index (χ1v) is 9.94. The molecule has 0 aromatic heterocycles. The van der Waals surface area contributed by atoms with Gasteiger partial charge in [-0.3, -0.25) is 0 Å². The number of ether oxygens (including phenoxy) is 2. The molecule has 0 aliphatic carbocycles. The molecule has 3 aromatic carbocycles. The maximum Gasteiger partial charge on any atom is 0.404 e. The van der Waals surface area contributed by atoms with Gasteiger partial charge in [0, 0.05) is 18.8 Å². The molecule has 6 nitrogen and oxygen atoms in total. The standard InChI is InChI=1S/C24H26N2O4/c27-24(28)25-16-4-5-17-29-21-12-14-23(15-13-21)30-22-10-8-20(9-11-22)26-18-19-6-2-1-3-7-19/h1-3,6-15,25-26H,4-5,16-18H2,(H,27,28). The Labute approximate surface area is 176 Å². The van der Waals surface area contributed by atoms with Crippen LogP contribution in [0.3, 0.4) is 0 Å². The largest absolute Gasteiger partial charge is 0.494 e. The molecule has 0 spiro atoms. The molecule has 0 saturated heterocycles. The zero-order chi connectivity index (χ0) is 21.0. The van der Waals surface area contributed by atoms with Crippen LogP contribution in [0.15, 0.2) is 78.9 Å². The minimum atomic E-state index is -0.996. The Morgan fingerprint density at radius 1 is 0.800 bits per heavy atom. The van der Waals surface area contributed by atoms with E-state index in [4.69, 9.17) is 14.6 Å². The zero-order valence-corrected chi connectivity index (χ0v) is 16.7. The van der Waals surface area contributed by atoms with Crippen LogP contribution in [0.2, 0.25) is 0 Å². The predicted molar refractivity (Wildman–Crippen MR) is 117 cm³/mol. The fourth-order valence-electron chi connectivity index (χ4n) is 2.79. The molecule has 0 atom stereocenters. The Bertz CT molecular complexity index is 897. The van der Waals surface area contributed by atoms with Gasteiger partial charge in [-0.15, -0.1) is 0 Å². The molecule has 0 aliphatic rings. The van der Waals surface area contributed by atoms with Crippen LogP contribution < -0.4 is 20.1 Å². The van der Waals surface area contributed by atoms with Crippen molar-refractivity contribution in [1.29, 1.82) is 0 Å². The molecule has 1 amide bonds. The highest BCUT2D eigenvalue weighted by molar-refractivity contribution is 5.64. The number of hydrogen-bond donors (Lipinski definition) is 3. The van der Waals surface area contributed by atoms with Crippen LogP contribution in [-0.4, -0.2) is 24.4 Å². The lowest BCUT2D eigenvalue weighted by molar-refractivity contribution is 0.194. The van der Waals surface area contributed by atoms with Crippen LogP contribution in [0.5, 0.6) is 17.2 Å². The van der Waals surface area contributed by atoms with Crippen LogP contribution in [0.25, 0.3) is 0 Å². The Balaban J connectivity index is 1.40. The first-order chi connectivity index (χ1) is 14.7. The highest BCUT2D eigenvalue weighted by Gasteiger charge is 2.01. The molecule has 3 rings (SSSR count). The normalized spacial score (nSPS) is 10.3. The number of benzene rings is 3. The Morgan fingerprint density at radius 2 is 1.43 bits per heavy atom. The highest BCUT2D eigenvalue weighted by atomic mass is 16.5. The third kappa shape index (κ3) is 7.39. The third-order valence-electron chi connectivity index (χ3n) is 4.37. The summed E-state index contributed by atoms with van der Waals surface area (Å²) in [4.78, 5) is 10.4. The number of hydrogen-bond acceptors (Lipinski definition) is 4. The molecule has 0 radical (unpaired) electrons. The van der Waals surface area contributed by atoms with E-state index in [1.54, 1.807) is 0 Å². The third-order valence-corrected chi connectivity index (χ3v) is 4.37. The van der Waals surface area contributed by atoms with Crippen molar-refractivity contribution >= 4 is 11.8 Å². The summed E-state index contributed by atoms with van der Waals surface area (Å²) >= 11 is 0. The van der Waals surface area contributed by atoms with E-state index >= 15 is 0 Å². The maximum atomic E-state index is 10.4. The molecule has 0 saturated carbocycles. The summed E-state index contributed by atoms with van der Waals surface area (Å²) in [6, 6.07) is 25.6. The fraction of sp³-hybridized carbons (Fsp3) is 0.208. The SMILES string of the molecule is O=C(O)NCCCCOc1ccc(Oc2ccc(NCc3ccccc3)cc2)cc1. The molecule has 6 heteroatoms. The van der Waals surface area contributed by atoms with E-state index in [0.717, 1.165) is 42.3 Å². The summed E-state index contributed by atoms with van der Waals surface area (Å²) in [6.45, 7) is 1.75. The van der Waals surface area contributed by atoms with E-state index < -0.39 is 6.09 Å². The number of amides is 1. The average molecular weight is 406 g/mol. The van der Waals surface area contributed by atoms with Gasteiger partial charge in [-0.05, 0) is 66.9 Å². The molecular weight excluding hydrogens is 380 g/mol. The quantitative estimate of drug-likeness (QED) is 0.366. The van der Waals surface area contributed by atoms with Crippen molar-refractivity contribution in [1.82, 2.24) is 5.32 Å². The van der Waals surface area contributed by atoms with E-state index in [-0.39, 0.29) is 0 Å². The zero-order valence-electron chi connectivity index (χ0n) is 16.7. The maximum absolute atomic E-state index is 10.4. The minimum absolute atomic E-state index is 0.437. The lowest BCUT2D eigenvalue weighted by atomic mass is 10.2. The number of carboxylic acid groups (broad SMARTS) is 1. The molecular formula is C24H26N2O4. The summed E-state index contributed by atoms with van der Waals surface area (Å²) in [5.74, 6) is 2.26. The first kappa shape index (κ1) is 21.0. The summed E-state index contributed by atoms with van der Waals surface area (Å²) in [5, 5.41) is 14.2. The predicted octanol–water partition coefficient (Wildman–Crippen LogP) is 5.52. The van der Waals surface area contributed by atoms with E-state index in [2.05, 4.69) is 22.8 Å². The van der Waals surface area contributed by atoms with Gasteiger partial charge in [-0.1, -0.05) is 30.3 Å². The van der Waals surface area contributed by atoms with Crippen LogP contribution >= 0.6 is 0 Å². The molecule has 30 heavy (non-hydrogen) atoms. The van der Waals surface area contributed by atoms with Crippen molar-refractivity contribution in [3.63, 3.8) is 0 Å². The van der Waals surface area contributed by atoms with E-state index in [1.807, 2.05) is 66.7 Å². The van der Waals surface area contributed by atoms with Gasteiger partial charge in [0.1, 0.15) is 17.2 Å². The minimum Gasteiger partial charge on any atom is -0.494 e. The topological polar surface area (TPSA) is 79.8 Å². The molecule has 3 N–H and O–H groups in total. The molecule has 156 valence electrons. The van der Waals surface area contributed by atoms with Gasteiger partial charge in [-0.2, -0.15) is 0 Å². The molecule has 0 heterocycles. The second-order valence-corrected chi connectivity index (χ2v) is 6.72. The molecule has 0 fully saturated rings. The summed E-state index contributed by atoms with van der Waals surface area (Å²) in [7, 11) is 0. The highest BCUT2D eigenvalue weighted by Crippen LogP contribution is 2.25. The number of carbonyl (C=O) groups is 1. The van der Waals surface area contributed by atoms with E-state index in [9.17, 15) is 4.79 Å². The fourth-order valence-corrected chi connectivity index (χ4v) is 2.79. The molecule has 3 aromatic rings. The number of unbranched alkanes of at least 4 members (excludes halogenated alkanes) is 1. The Hall–Kier alpha value is -3.67. The number of nitrogens with one attached hydrogen (secondary N) is 2. The van der Waals surface area contributed by atoms with Gasteiger partial charge in [0.05, 0.1) is 6.61 Å². The van der Waals surface area contributed by atoms with Gasteiger partial charge in [0.25, 0.3) is 0 Å². The van der Waals surface area contributed by atoms with Gasteiger partial charge in [0.15, 0.2) is 0 Å².